The summed E-state index contributed by atoms with van der Waals surface area (Å²) >= 11 is 0. The zero-order valence-corrected chi connectivity index (χ0v) is 55.3. The van der Waals surface area contributed by atoms with Crippen LogP contribution in [0.1, 0.15) is 318 Å². The Morgan fingerprint density at radius 2 is 0.554 bits per heavy atom. The zero-order chi connectivity index (χ0) is 61.5. The third kappa shape index (κ3) is 58.8. The first-order valence-corrected chi connectivity index (χ1v) is 36.5. The van der Waals surface area contributed by atoms with Crippen molar-refractivity contribution in [3.8, 4) is 0 Å². The molecular weight excluding hydrogens is 1100 g/mol. The summed E-state index contributed by atoms with van der Waals surface area (Å²) in [6, 6.07) is 0. The largest absolute Gasteiger partial charge is 0.472 e. The van der Waals surface area contributed by atoms with E-state index in [1.165, 1.54) is 109 Å². The molecule has 0 aromatic heterocycles. The molecule has 19 heteroatoms. The first kappa shape index (κ1) is 81.1. The van der Waals surface area contributed by atoms with E-state index in [1.54, 1.807) is 0 Å². The van der Waals surface area contributed by atoms with Crippen LogP contribution in [-0.2, 0) is 65.4 Å². The van der Waals surface area contributed by atoms with Gasteiger partial charge in [-0.2, -0.15) is 0 Å². The lowest BCUT2D eigenvalue weighted by Gasteiger charge is -2.21. The summed E-state index contributed by atoms with van der Waals surface area (Å²) < 4.78 is 67.8. The molecule has 0 aliphatic rings. The van der Waals surface area contributed by atoms with E-state index < -0.39 is 97.5 Å². The molecule has 0 aromatic carbocycles. The molecule has 0 heterocycles. The number of rotatable bonds is 63. The van der Waals surface area contributed by atoms with Crippen molar-refractivity contribution in [3.05, 3.63) is 0 Å². The molecule has 0 aromatic rings. The van der Waals surface area contributed by atoms with Crippen molar-refractivity contribution in [2.75, 3.05) is 39.6 Å². The standard InChI is InChI=1S/C64H124O17P2/c1-7-9-11-13-26-34-40-46-61(66)74-52-59(80-63(68)48-42-36-27-14-12-10-8-2)54-78-82(70,71)76-50-58(65)51-77-83(72,73)79-55-60(53-75-62(67)47-41-35-30-24-21-17-19-23-29-33-39-45-57(5)6)81-64(69)49-43-37-31-25-20-16-15-18-22-28-32-38-44-56(3)4/h56-60,65H,7-55H2,1-6H3,(H,70,71)(H,72,73)/t58-,59+,60+/m0/s1. The van der Waals surface area contributed by atoms with Crippen LogP contribution in [0.5, 0.6) is 0 Å². The number of aliphatic hydroxyl groups is 1. The van der Waals surface area contributed by atoms with Crippen LogP contribution in [0.3, 0.4) is 0 Å². The highest BCUT2D eigenvalue weighted by Crippen LogP contribution is 2.45. The van der Waals surface area contributed by atoms with Crippen molar-refractivity contribution in [1.29, 1.82) is 0 Å². The molecule has 0 saturated heterocycles. The minimum absolute atomic E-state index is 0.103. The van der Waals surface area contributed by atoms with E-state index in [0.29, 0.717) is 25.7 Å². The van der Waals surface area contributed by atoms with Crippen molar-refractivity contribution in [2.45, 2.75) is 336 Å². The van der Waals surface area contributed by atoms with Crippen LogP contribution in [-0.4, -0.2) is 96.7 Å². The van der Waals surface area contributed by atoms with E-state index >= 15 is 0 Å². The molecule has 0 spiro atoms. The van der Waals surface area contributed by atoms with Gasteiger partial charge in [-0.3, -0.25) is 37.3 Å². The average molecular weight is 1230 g/mol. The summed E-state index contributed by atoms with van der Waals surface area (Å²) in [6.07, 6.45) is 39.2. The fourth-order valence-electron chi connectivity index (χ4n) is 9.53. The number of ether oxygens (including phenoxy) is 4. The molecule has 0 bridgehead atoms. The fraction of sp³-hybridized carbons (Fsp3) is 0.938. The number of aliphatic hydroxyl groups excluding tert-OH is 1. The van der Waals surface area contributed by atoms with Gasteiger partial charge in [-0.1, -0.05) is 266 Å². The van der Waals surface area contributed by atoms with Gasteiger partial charge in [-0.05, 0) is 37.5 Å². The number of esters is 4. The second kappa shape index (κ2) is 56.6. The second-order valence-electron chi connectivity index (χ2n) is 24.1. The van der Waals surface area contributed by atoms with Gasteiger partial charge >= 0.3 is 39.5 Å². The van der Waals surface area contributed by atoms with Gasteiger partial charge in [0.1, 0.15) is 19.3 Å². The minimum atomic E-state index is -4.94. The second-order valence-corrected chi connectivity index (χ2v) is 27.0. The van der Waals surface area contributed by atoms with E-state index in [2.05, 4.69) is 41.5 Å². The predicted molar refractivity (Wildman–Crippen MR) is 331 cm³/mol. The molecule has 2 unspecified atom stereocenters. The molecule has 0 amide bonds. The highest BCUT2D eigenvalue weighted by molar-refractivity contribution is 7.47. The molecule has 0 radical (unpaired) electrons. The highest BCUT2D eigenvalue weighted by atomic mass is 31.2. The van der Waals surface area contributed by atoms with E-state index in [4.69, 9.17) is 37.0 Å². The minimum Gasteiger partial charge on any atom is -0.462 e. The van der Waals surface area contributed by atoms with E-state index in [9.17, 15) is 43.2 Å². The summed E-state index contributed by atoms with van der Waals surface area (Å²) in [5.74, 6) is -0.594. The number of unbranched alkanes of at least 4 members (excludes halogenated alkanes) is 33. The molecule has 492 valence electrons. The highest BCUT2D eigenvalue weighted by Gasteiger charge is 2.30. The molecule has 0 rings (SSSR count). The molecule has 17 nitrogen and oxygen atoms in total. The maximum Gasteiger partial charge on any atom is 0.472 e. The monoisotopic (exact) mass is 1230 g/mol. The van der Waals surface area contributed by atoms with Crippen molar-refractivity contribution in [3.63, 3.8) is 0 Å². The maximum atomic E-state index is 13.0. The SMILES string of the molecule is CCCCCCCCCC(=O)OC[C@H](COP(=O)(O)OC[C@H](O)COP(=O)(O)OC[C@@H](COC(=O)CCCCCCCCCCCCCC(C)C)OC(=O)CCCCCCCCCCCCCCC(C)C)OC(=O)CCCCCCCCC. The molecule has 0 aliphatic heterocycles. The van der Waals surface area contributed by atoms with E-state index in [-0.39, 0.29) is 25.7 Å². The molecule has 0 aliphatic carbocycles. The molecule has 83 heavy (non-hydrogen) atoms. The topological polar surface area (TPSA) is 237 Å². The van der Waals surface area contributed by atoms with E-state index in [0.717, 1.165) is 127 Å². The number of carbonyl (C=O) groups is 4. The van der Waals surface area contributed by atoms with Crippen LogP contribution >= 0.6 is 15.6 Å². The average Bonchev–Trinajstić information content (AvgIpc) is 3.44. The number of hydrogen-bond donors (Lipinski definition) is 3. The Morgan fingerprint density at radius 1 is 0.325 bits per heavy atom. The lowest BCUT2D eigenvalue weighted by molar-refractivity contribution is -0.161. The Hall–Kier alpha value is -1.94. The zero-order valence-electron chi connectivity index (χ0n) is 53.5. The summed E-state index contributed by atoms with van der Waals surface area (Å²) in [7, 11) is -9.88. The Labute approximate surface area is 505 Å². The quantitative estimate of drug-likeness (QED) is 0.0222. The van der Waals surface area contributed by atoms with Crippen LogP contribution in [0.2, 0.25) is 0 Å². The van der Waals surface area contributed by atoms with Crippen LogP contribution in [0.25, 0.3) is 0 Å². The molecule has 0 saturated carbocycles. The van der Waals surface area contributed by atoms with Crippen molar-refractivity contribution in [2.24, 2.45) is 11.8 Å². The van der Waals surface area contributed by atoms with Gasteiger partial charge in [-0.25, -0.2) is 9.13 Å². The third-order valence-electron chi connectivity index (χ3n) is 14.7. The van der Waals surface area contributed by atoms with Gasteiger partial charge in [0.15, 0.2) is 12.2 Å². The van der Waals surface area contributed by atoms with Crippen molar-refractivity contribution in [1.82, 2.24) is 0 Å². The number of phosphoric acid groups is 2. The Morgan fingerprint density at radius 3 is 0.819 bits per heavy atom. The molecular formula is C64H124O17P2. The fourth-order valence-corrected chi connectivity index (χ4v) is 11.1. The summed E-state index contributed by atoms with van der Waals surface area (Å²) in [4.78, 5) is 72.0. The van der Waals surface area contributed by atoms with Gasteiger partial charge in [0.05, 0.1) is 26.4 Å². The Balaban J connectivity index is 5.18. The van der Waals surface area contributed by atoms with Crippen LogP contribution in [0.4, 0.5) is 0 Å². The number of phosphoric ester groups is 2. The van der Waals surface area contributed by atoms with Crippen LogP contribution in [0, 0.1) is 11.8 Å². The van der Waals surface area contributed by atoms with Gasteiger partial charge in [0.2, 0.25) is 0 Å². The Bertz CT molecular complexity index is 1630. The van der Waals surface area contributed by atoms with Crippen molar-refractivity contribution < 1.29 is 80.2 Å². The lowest BCUT2D eigenvalue weighted by atomic mass is 10.0. The molecule has 5 atom stereocenters. The number of carbonyl (C=O) groups excluding carboxylic acids is 4. The lowest BCUT2D eigenvalue weighted by Crippen LogP contribution is -2.30. The van der Waals surface area contributed by atoms with Gasteiger partial charge in [-0.15, -0.1) is 0 Å². The predicted octanol–water partition coefficient (Wildman–Crippen LogP) is 17.7. The molecule has 3 N–H and O–H groups in total. The molecule has 0 fully saturated rings. The first-order chi connectivity index (χ1) is 39.9. The smallest absolute Gasteiger partial charge is 0.462 e. The Kier molecular flexibility index (Phi) is 55.2. The van der Waals surface area contributed by atoms with Crippen LogP contribution < -0.4 is 0 Å². The first-order valence-electron chi connectivity index (χ1n) is 33.5. The van der Waals surface area contributed by atoms with Gasteiger partial charge in [0, 0.05) is 25.7 Å². The van der Waals surface area contributed by atoms with E-state index in [1.807, 2.05) is 0 Å². The van der Waals surface area contributed by atoms with Crippen LogP contribution in [0.15, 0.2) is 0 Å². The normalized spacial score (nSPS) is 14.3. The van der Waals surface area contributed by atoms with Gasteiger partial charge < -0.3 is 33.8 Å². The summed E-state index contributed by atoms with van der Waals surface area (Å²) in [6.45, 7) is 9.43. The maximum absolute atomic E-state index is 13.0. The third-order valence-corrected chi connectivity index (χ3v) is 16.6. The van der Waals surface area contributed by atoms with Crippen molar-refractivity contribution >= 4 is 39.5 Å². The number of hydrogen-bond acceptors (Lipinski definition) is 15. The summed E-state index contributed by atoms with van der Waals surface area (Å²) in [5, 5.41) is 10.5. The van der Waals surface area contributed by atoms with Gasteiger partial charge in [0.25, 0.3) is 0 Å². The summed E-state index contributed by atoms with van der Waals surface area (Å²) in [5.41, 5.74) is 0.